The van der Waals surface area contributed by atoms with Crippen LogP contribution in [-0.2, 0) is 22.4 Å². The fraction of sp³-hybridized carbons (Fsp3) is 0.382. The van der Waals surface area contributed by atoms with Gasteiger partial charge in [-0.05, 0) is 62.0 Å². The molecule has 4 heterocycles. The van der Waals surface area contributed by atoms with Gasteiger partial charge in [0.25, 0.3) is 5.91 Å². The number of aliphatic carboxylic acids is 1. The molecule has 0 fully saturated rings. The molecule has 0 unspecified atom stereocenters. The van der Waals surface area contributed by atoms with Crippen molar-refractivity contribution in [1.82, 2.24) is 15.3 Å². The predicted molar refractivity (Wildman–Crippen MR) is 165 cm³/mol. The molecule has 0 radical (unpaired) electrons. The molecule has 0 spiro atoms. The zero-order valence-corrected chi connectivity index (χ0v) is 25.5. The quantitative estimate of drug-likeness (QED) is 0.286. The summed E-state index contributed by atoms with van der Waals surface area (Å²) in [6, 6.07) is 0. The van der Waals surface area contributed by atoms with Gasteiger partial charge >= 0.3 is 5.97 Å². The molecule has 5 rings (SSSR count). The minimum absolute atomic E-state index is 0.00793. The molecule has 1 amide bonds. The van der Waals surface area contributed by atoms with Crippen LogP contribution in [0, 0.1) is 31.6 Å². The summed E-state index contributed by atoms with van der Waals surface area (Å²) < 4.78 is 0. The molecule has 9 nitrogen and oxygen atoms in total. The van der Waals surface area contributed by atoms with Crippen LogP contribution in [0.3, 0.4) is 0 Å². The van der Waals surface area contributed by atoms with Crippen LogP contribution < -0.4 is 5.32 Å². The van der Waals surface area contributed by atoms with E-state index in [9.17, 15) is 24.3 Å². The zero-order valence-electron chi connectivity index (χ0n) is 25.5. The number of allylic oxidation sites excluding steroid dienone is 4. The molecule has 1 aliphatic carbocycles. The van der Waals surface area contributed by atoms with Crippen LogP contribution in [0.4, 0.5) is 0 Å². The number of aromatic nitrogens is 2. The molecule has 0 saturated heterocycles. The van der Waals surface area contributed by atoms with Crippen LogP contribution in [0.5, 0.6) is 0 Å². The number of aldehydes is 1. The van der Waals surface area contributed by atoms with Gasteiger partial charge in [0.05, 0.1) is 17.1 Å². The molecule has 2 aromatic heterocycles. The highest BCUT2D eigenvalue weighted by Crippen LogP contribution is 2.47. The maximum atomic E-state index is 13.7. The number of carboxylic acids is 1. The van der Waals surface area contributed by atoms with Crippen molar-refractivity contribution in [2.75, 3.05) is 0 Å². The highest BCUT2D eigenvalue weighted by atomic mass is 16.4. The van der Waals surface area contributed by atoms with Gasteiger partial charge in [0.1, 0.15) is 0 Å². The Morgan fingerprint density at radius 1 is 1.09 bits per heavy atom. The number of Topliss-reactive ketones (excluding diaryl/α,β-unsaturated/α-hetero) is 1. The molecule has 43 heavy (non-hydrogen) atoms. The van der Waals surface area contributed by atoms with E-state index in [4.69, 9.17) is 4.99 Å². The number of nitrogens with one attached hydrogen (secondary N) is 3. The van der Waals surface area contributed by atoms with E-state index in [1.54, 1.807) is 0 Å². The number of ketones is 1. The molecule has 224 valence electrons. The molecule has 3 aliphatic rings. The summed E-state index contributed by atoms with van der Waals surface area (Å²) >= 11 is 0. The molecule has 2 aliphatic heterocycles. The van der Waals surface area contributed by atoms with Gasteiger partial charge in [-0.25, -0.2) is 0 Å². The lowest BCUT2D eigenvalue weighted by atomic mass is 9.83. The molecule has 0 bridgehead atoms. The lowest BCUT2D eigenvalue weighted by Gasteiger charge is -2.19. The maximum Gasteiger partial charge on any atom is 0.303 e. The first kappa shape index (κ1) is 29.9. The Hall–Kier alpha value is -4.53. The highest BCUT2D eigenvalue weighted by molar-refractivity contribution is 6.15. The summed E-state index contributed by atoms with van der Waals surface area (Å²) in [5, 5.41) is 12.4. The molecule has 9 heteroatoms. The minimum Gasteiger partial charge on any atom is -0.481 e. The van der Waals surface area contributed by atoms with Crippen molar-refractivity contribution in [3.8, 4) is 0 Å². The summed E-state index contributed by atoms with van der Waals surface area (Å²) in [6.45, 7) is 15.4. The summed E-state index contributed by atoms with van der Waals surface area (Å²) in [7, 11) is 0. The summed E-state index contributed by atoms with van der Waals surface area (Å²) in [5.74, 6) is -1.90. The van der Waals surface area contributed by atoms with Gasteiger partial charge in [-0.1, -0.05) is 33.4 Å². The van der Waals surface area contributed by atoms with Gasteiger partial charge in [-0.3, -0.25) is 24.2 Å². The Balaban J connectivity index is 1.63. The van der Waals surface area contributed by atoms with Gasteiger partial charge in [0.2, 0.25) is 0 Å². The average Bonchev–Trinajstić information content (AvgIpc) is 3.69. The lowest BCUT2D eigenvalue weighted by Crippen LogP contribution is -2.19. The highest BCUT2D eigenvalue weighted by Gasteiger charge is 2.43. The Morgan fingerprint density at radius 3 is 2.42 bits per heavy atom. The normalized spacial score (nSPS) is 24.2. The van der Waals surface area contributed by atoms with Gasteiger partial charge in [0.15, 0.2) is 12.1 Å². The number of aliphatic imine (C=N–C) groups is 1. The number of carbonyl (C=O) groups is 4. The SMILES string of the molecule is C=CC1=C(C)/C(=C/C2=NC(=C3\c4[nH]c(Cc5[nH]c(C=O)c(C)c5CC)c(C)c4C(=O)[C@@H]3C)/[C@@H](CCC(=O)O)[C@@H]2C)NC1=O. The van der Waals surface area contributed by atoms with Crippen molar-refractivity contribution in [1.29, 1.82) is 0 Å². The van der Waals surface area contributed by atoms with Crippen molar-refractivity contribution in [2.24, 2.45) is 22.7 Å². The van der Waals surface area contributed by atoms with Gasteiger partial charge in [-0.2, -0.15) is 0 Å². The van der Waals surface area contributed by atoms with Gasteiger partial charge in [0, 0.05) is 70.1 Å². The fourth-order valence-corrected chi connectivity index (χ4v) is 6.88. The number of hydrogen-bond acceptors (Lipinski definition) is 5. The third-order valence-corrected chi connectivity index (χ3v) is 9.44. The average molecular weight is 583 g/mol. The zero-order chi connectivity index (χ0) is 31.3. The first-order valence-electron chi connectivity index (χ1n) is 14.8. The van der Waals surface area contributed by atoms with Crippen LogP contribution >= 0.6 is 0 Å². The molecular formula is C34H38N4O5. The lowest BCUT2D eigenvalue weighted by molar-refractivity contribution is -0.137. The Labute approximate surface area is 251 Å². The minimum atomic E-state index is -0.891. The van der Waals surface area contributed by atoms with Crippen LogP contribution in [0.25, 0.3) is 5.57 Å². The first-order chi connectivity index (χ1) is 20.4. The van der Waals surface area contributed by atoms with E-state index in [0.29, 0.717) is 35.4 Å². The van der Waals surface area contributed by atoms with Crippen molar-refractivity contribution >= 4 is 35.2 Å². The second-order valence-electron chi connectivity index (χ2n) is 11.8. The van der Waals surface area contributed by atoms with Gasteiger partial charge in [-0.15, -0.1) is 0 Å². The van der Waals surface area contributed by atoms with Crippen LogP contribution in [0.1, 0.15) is 95.2 Å². The van der Waals surface area contributed by atoms with Crippen molar-refractivity contribution in [3.63, 3.8) is 0 Å². The van der Waals surface area contributed by atoms with Gasteiger partial charge < -0.3 is 20.4 Å². The number of carboxylic acid groups (broad SMARTS) is 1. The Morgan fingerprint density at radius 2 is 1.81 bits per heavy atom. The van der Waals surface area contributed by atoms with E-state index in [1.807, 2.05) is 40.7 Å². The van der Waals surface area contributed by atoms with Crippen molar-refractivity contribution < 1.29 is 24.3 Å². The van der Waals surface area contributed by atoms with Crippen molar-refractivity contribution in [3.05, 3.63) is 86.3 Å². The molecular weight excluding hydrogens is 544 g/mol. The number of nitrogens with zero attached hydrogens (tertiary/aromatic N) is 1. The van der Waals surface area contributed by atoms with Crippen LogP contribution in [0.15, 0.2) is 46.3 Å². The number of aromatic amines is 2. The monoisotopic (exact) mass is 582 g/mol. The predicted octanol–water partition coefficient (Wildman–Crippen LogP) is 5.56. The molecule has 0 aromatic carbocycles. The first-order valence-corrected chi connectivity index (χ1v) is 14.8. The number of amides is 1. The van der Waals surface area contributed by atoms with E-state index < -0.39 is 11.9 Å². The van der Waals surface area contributed by atoms with Crippen molar-refractivity contribution in [2.45, 2.75) is 67.2 Å². The standard InChI is InChI=1S/C34H38N4O5/c1-8-20-15(3)27(14-39)35-26(20)13-25-18(6)30-32(37-25)29(19(7)33(30)42)31-22(10-11-28(40)41)17(5)23(36-31)12-24-16(4)21(9-2)34(43)38-24/h9,12,14,17,19,22,35,37H,2,8,10-11,13H2,1,3-7H3,(H,38,43)(H,40,41)/b24-12-,31-29-/t17-,19+,22-/m0/s1. The summed E-state index contributed by atoms with van der Waals surface area (Å²) in [5.41, 5.74) is 10.9. The van der Waals surface area contributed by atoms with E-state index in [0.717, 1.165) is 69.0 Å². The van der Waals surface area contributed by atoms with E-state index in [-0.39, 0.29) is 29.9 Å². The number of fused-ring (bicyclic) bond motifs is 1. The number of carbonyl (C=O) groups excluding carboxylic acids is 3. The molecule has 0 saturated carbocycles. The maximum absolute atomic E-state index is 13.7. The van der Waals surface area contributed by atoms with Crippen LogP contribution in [0.2, 0.25) is 0 Å². The second-order valence-corrected chi connectivity index (χ2v) is 11.8. The number of H-pyrrole nitrogens is 2. The Kier molecular flexibility index (Phi) is 7.86. The number of rotatable bonds is 9. The molecule has 4 N–H and O–H groups in total. The van der Waals surface area contributed by atoms with E-state index in [1.165, 1.54) is 6.08 Å². The third kappa shape index (κ3) is 4.86. The number of hydrogen-bond donors (Lipinski definition) is 4. The topological polar surface area (TPSA) is 144 Å². The smallest absolute Gasteiger partial charge is 0.303 e. The Bertz CT molecular complexity index is 1720. The third-order valence-electron chi connectivity index (χ3n) is 9.44. The fourth-order valence-electron chi connectivity index (χ4n) is 6.88. The molecule has 2 aromatic rings. The van der Waals surface area contributed by atoms with E-state index >= 15 is 0 Å². The molecule has 3 atom stereocenters. The largest absolute Gasteiger partial charge is 0.481 e. The second kappa shape index (κ2) is 11.3. The van der Waals surface area contributed by atoms with Crippen LogP contribution in [-0.4, -0.2) is 44.7 Å². The summed E-state index contributed by atoms with van der Waals surface area (Å²) in [4.78, 5) is 61.2. The summed E-state index contributed by atoms with van der Waals surface area (Å²) in [6.07, 6.45) is 5.84. The van der Waals surface area contributed by atoms with E-state index in [2.05, 4.69) is 28.8 Å².